The molecule has 0 spiro atoms. The molecular weight excluding hydrogens is 440 g/mol. The van der Waals surface area contributed by atoms with E-state index in [9.17, 15) is 0 Å². The van der Waals surface area contributed by atoms with E-state index in [1.807, 2.05) is 0 Å². The van der Waals surface area contributed by atoms with Crippen LogP contribution in [0.4, 0.5) is 0 Å². The molecule has 0 unspecified atom stereocenters. The van der Waals surface area contributed by atoms with Gasteiger partial charge in [-0.25, -0.2) is 0 Å². The van der Waals surface area contributed by atoms with Crippen LogP contribution in [0.5, 0.6) is 0 Å². The van der Waals surface area contributed by atoms with Gasteiger partial charge in [0, 0.05) is 63.4 Å². The van der Waals surface area contributed by atoms with Crippen LogP contribution in [0.3, 0.4) is 0 Å². The fourth-order valence-corrected chi connectivity index (χ4v) is 5.57. The molecule has 0 amide bonds. The summed E-state index contributed by atoms with van der Waals surface area (Å²) in [5.74, 6) is 2.62. The van der Waals surface area contributed by atoms with Gasteiger partial charge in [-0.05, 0) is 105 Å². The van der Waals surface area contributed by atoms with Gasteiger partial charge < -0.3 is 4.90 Å². The van der Waals surface area contributed by atoms with Crippen LogP contribution in [-0.2, 0) is 0 Å². The van der Waals surface area contributed by atoms with Crippen LogP contribution in [0.25, 0.3) is 0 Å². The number of likely N-dealkylation sites (tertiary alicyclic amines) is 1. The van der Waals surface area contributed by atoms with Crippen molar-refractivity contribution in [1.82, 2.24) is 19.6 Å². The molecule has 4 nitrogen and oxygen atoms in total. The maximum absolute atomic E-state index is 2.60. The van der Waals surface area contributed by atoms with Gasteiger partial charge in [-0.1, -0.05) is 39.3 Å². The molecule has 0 aliphatic carbocycles. The number of rotatable bonds is 6. The number of piperazine rings is 1. The first-order valence-electron chi connectivity index (χ1n) is 15.5. The summed E-state index contributed by atoms with van der Waals surface area (Å²) in [5, 5.41) is 0. The van der Waals surface area contributed by atoms with Gasteiger partial charge in [-0.3, -0.25) is 14.7 Å². The van der Waals surface area contributed by atoms with E-state index in [0.717, 1.165) is 42.4 Å². The molecule has 3 aliphatic heterocycles. The van der Waals surface area contributed by atoms with E-state index in [0.29, 0.717) is 6.04 Å². The summed E-state index contributed by atoms with van der Waals surface area (Å²) in [6.45, 7) is 37.6. The van der Waals surface area contributed by atoms with Crippen LogP contribution >= 0.6 is 0 Å². The number of nitrogens with zero attached hydrogens (tertiary/aromatic N) is 4. The van der Waals surface area contributed by atoms with E-state index in [-0.39, 0.29) is 0 Å². The molecule has 3 aliphatic rings. The Morgan fingerprint density at radius 2 is 0.917 bits per heavy atom. The van der Waals surface area contributed by atoms with E-state index >= 15 is 0 Å². The second-order valence-electron chi connectivity index (χ2n) is 13.2. The fraction of sp³-hybridized carbons (Fsp3) is 0.938. The van der Waals surface area contributed by atoms with Crippen LogP contribution in [0, 0.1) is 17.8 Å². The lowest BCUT2D eigenvalue weighted by molar-refractivity contribution is 0.0887. The summed E-state index contributed by atoms with van der Waals surface area (Å²) in [6.07, 6.45) is 6.51. The third-order valence-electron chi connectivity index (χ3n) is 8.80. The lowest BCUT2D eigenvalue weighted by Crippen LogP contribution is -2.50. The average Bonchev–Trinajstić information content (AvgIpc) is 2.84. The summed E-state index contributed by atoms with van der Waals surface area (Å²) < 4.78 is 0. The summed E-state index contributed by atoms with van der Waals surface area (Å²) in [4.78, 5) is 10.2. The monoisotopic (exact) mass is 507 g/mol. The third kappa shape index (κ3) is 12.4. The summed E-state index contributed by atoms with van der Waals surface area (Å²) >= 11 is 0. The standard InChI is InChI=1S/C11H23N.C11H21N.C10H22N2/c3*1-9(2)11-5-7-12(8-6-11)10(3)4/h9-11H,5-8H2,1-4H3;5,9-10H,6-8H2,1-4H3;9-10H,5-8H2,1-4H3. The molecule has 2 saturated heterocycles. The first kappa shape index (κ1) is 33.6. The second kappa shape index (κ2) is 17.2. The Hall–Kier alpha value is -0.420. The third-order valence-corrected chi connectivity index (χ3v) is 8.80. The molecule has 3 heterocycles. The van der Waals surface area contributed by atoms with Crippen molar-refractivity contribution in [3.8, 4) is 0 Å². The molecule has 0 aromatic heterocycles. The minimum absolute atomic E-state index is 0.704. The molecule has 0 saturated carbocycles. The topological polar surface area (TPSA) is 13.0 Å². The fourth-order valence-electron chi connectivity index (χ4n) is 5.57. The highest BCUT2D eigenvalue weighted by molar-refractivity contribution is 5.09. The van der Waals surface area contributed by atoms with Gasteiger partial charge in [0.2, 0.25) is 0 Å². The molecule has 0 bridgehead atoms. The van der Waals surface area contributed by atoms with Gasteiger partial charge >= 0.3 is 0 Å². The van der Waals surface area contributed by atoms with Crippen LogP contribution in [0.1, 0.15) is 102 Å². The van der Waals surface area contributed by atoms with Gasteiger partial charge in [0.25, 0.3) is 0 Å². The smallest absolute Gasteiger partial charge is 0.0168 e. The number of piperidine rings is 1. The second-order valence-corrected chi connectivity index (χ2v) is 13.2. The van der Waals surface area contributed by atoms with E-state index in [4.69, 9.17) is 0 Å². The normalized spacial score (nSPS) is 21.8. The highest BCUT2D eigenvalue weighted by atomic mass is 15.3. The Balaban J connectivity index is 0.000000270. The Morgan fingerprint density at radius 3 is 1.19 bits per heavy atom. The molecular formula is C32H66N4. The van der Waals surface area contributed by atoms with Gasteiger partial charge in [-0.15, -0.1) is 0 Å². The van der Waals surface area contributed by atoms with Crippen molar-refractivity contribution in [3.63, 3.8) is 0 Å². The van der Waals surface area contributed by atoms with Crippen LogP contribution in [0.15, 0.2) is 11.6 Å². The Labute approximate surface area is 227 Å². The Bertz CT molecular complexity index is 513. The van der Waals surface area contributed by atoms with Crippen molar-refractivity contribution in [3.05, 3.63) is 11.6 Å². The quantitative estimate of drug-likeness (QED) is 0.365. The van der Waals surface area contributed by atoms with Crippen LogP contribution < -0.4 is 0 Å². The molecule has 0 aromatic carbocycles. The van der Waals surface area contributed by atoms with E-state index in [2.05, 4.69) is 109 Å². The zero-order valence-corrected chi connectivity index (χ0v) is 26.7. The molecule has 0 atom stereocenters. The molecule has 2 fully saturated rings. The predicted molar refractivity (Wildman–Crippen MR) is 162 cm³/mol. The van der Waals surface area contributed by atoms with Crippen molar-refractivity contribution < 1.29 is 0 Å². The summed E-state index contributed by atoms with van der Waals surface area (Å²) in [7, 11) is 0. The van der Waals surface area contributed by atoms with Crippen LogP contribution in [-0.4, -0.2) is 96.1 Å². The lowest BCUT2D eigenvalue weighted by atomic mass is 9.86. The minimum atomic E-state index is 0.704. The van der Waals surface area contributed by atoms with E-state index < -0.39 is 0 Å². The molecule has 3 rings (SSSR count). The number of hydrogen-bond donors (Lipinski definition) is 0. The Morgan fingerprint density at radius 1 is 0.528 bits per heavy atom. The number of hydrogen-bond acceptors (Lipinski definition) is 4. The van der Waals surface area contributed by atoms with Gasteiger partial charge in [-0.2, -0.15) is 0 Å². The van der Waals surface area contributed by atoms with E-state index in [1.54, 1.807) is 5.57 Å². The maximum Gasteiger partial charge on any atom is 0.0168 e. The van der Waals surface area contributed by atoms with Gasteiger partial charge in [0.15, 0.2) is 0 Å². The van der Waals surface area contributed by atoms with Crippen molar-refractivity contribution in [2.75, 3.05) is 52.4 Å². The van der Waals surface area contributed by atoms with Crippen molar-refractivity contribution >= 4 is 0 Å². The summed E-state index contributed by atoms with van der Waals surface area (Å²) in [5.41, 5.74) is 1.65. The molecule has 36 heavy (non-hydrogen) atoms. The lowest BCUT2D eigenvalue weighted by Gasteiger charge is -2.38. The summed E-state index contributed by atoms with van der Waals surface area (Å²) in [6, 6.07) is 2.90. The molecule has 0 N–H and O–H groups in total. The largest absolute Gasteiger partial charge is 0.301 e. The zero-order valence-electron chi connectivity index (χ0n) is 26.7. The first-order valence-corrected chi connectivity index (χ1v) is 15.5. The first-order chi connectivity index (χ1) is 16.8. The molecule has 0 radical (unpaired) electrons. The highest BCUT2D eigenvalue weighted by Gasteiger charge is 2.22. The molecule has 214 valence electrons. The molecule has 0 aromatic rings. The average molecular weight is 507 g/mol. The molecule has 4 heteroatoms. The van der Waals surface area contributed by atoms with Gasteiger partial charge in [0.1, 0.15) is 0 Å². The predicted octanol–water partition coefficient (Wildman–Crippen LogP) is 6.87. The SMILES string of the molecule is CC(C)C1=CCN(C(C)C)CC1.CC(C)C1CCN(C(C)C)CC1.CC(C)N1CCN(C(C)C)CC1. The van der Waals surface area contributed by atoms with Crippen LogP contribution in [0.2, 0.25) is 0 Å². The highest BCUT2D eigenvalue weighted by Crippen LogP contribution is 2.25. The van der Waals surface area contributed by atoms with Crippen molar-refractivity contribution in [2.45, 2.75) is 127 Å². The van der Waals surface area contributed by atoms with Gasteiger partial charge in [0.05, 0.1) is 0 Å². The van der Waals surface area contributed by atoms with Crippen molar-refractivity contribution in [2.24, 2.45) is 17.8 Å². The van der Waals surface area contributed by atoms with E-state index in [1.165, 1.54) is 65.1 Å². The maximum atomic E-state index is 2.60. The van der Waals surface area contributed by atoms with Crippen molar-refractivity contribution in [1.29, 1.82) is 0 Å². The zero-order chi connectivity index (χ0) is 27.4. The minimum Gasteiger partial charge on any atom is -0.301 e. The Kier molecular flexibility index (Phi) is 16.1.